The van der Waals surface area contributed by atoms with E-state index in [0.717, 1.165) is 5.56 Å². The Bertz CT molecular complexity index is 1000. The van der Waals surface area contributed by atoms with E-state index in [1.165, 1.54) is 0 Å². The smallest absolute Gasteiger partial charge is 0.248 e. The van der Waals surface area contributed by atoms with E-state index in [2.05, 4.69) is 5.32 Å². The van der Waals surface area contributed by atoms with Crippen LogP contribution in [0.5, 0.6) is 11.5 Å². The topological polar surface area (TPSA) is 111 Å². The number of methoxy groups -OCH3 is 2. The van der Waals surface area contributed by atoms with Crippen molar-refractivity contribution in [1.29, 1.82) is 0 Å². The molecule has 0 radical (unpaired) electrons. The molecule has 31 heavy (non-hydrogen) atoms. The summed E-state index contributed by atoms with van der Waals surface area (Å²) in [6, 6.07) is 10.6. The van der Waals surface area contributed by atoms with Crippen molar-refractivity contribution in [2.75, 3.05) is 32.6 Å². The summed E-state index contributed by atoms with van der Waals surface area (Å²) in [6.07, 6.45) is 0.824. The minimum absolute atomic E-state index is 0.0408. The molecule has 1 heterocycles. The lowest BCUT2D eigenvalue weighted by Gasteiger charge is -2.17. The molecule has 1 atom stereocenters. The van der Waals surface area contributed by atoms with Crippen molar-refractivity contribution >= 4 is 23.4 Å². The zero-order valence-electron chi connectivity index (χ0n) is 17.9. The van der Waals surface area contributed by atoms with Crippen molar-refractivity contribution in [1.82, 2.24) is 4.90 Å². The number of anilines is 1. The third-order valence-electron chi connectivity index (χ3n) is 5.46. The molecule has 0 bridgehead atoms. The predicted molar refractivity (Wildman–Crippen MR) is 116 cm³/mol. The monoisotopic (exact) mass is 425 g/mol. The highest BCUT2D eigenvalue weighted by atomic mass is 16.5. The van der Waals surface area contributed by atoms with E-state index >= 15 is 0 Å². The Morgan fingerprint density at radius 1 is 1.13 bits per heavy atom. The van der Waals surface area contributed by atoms with Crippen LogP contribution < -0.4 is 20.5 Å². The van der Waals surface area contributed by atoms with Gasteiger partial charge in [-0.2, -0.15) is 0 Å². The summed E-state index contributed by atoms with van der Waals surface area (Å²) in [5.41, 5.74) is 8.00. The summed E-state index contributed by atoms with van der Waals surface area (Å²) in [5.74, 6) is 0.104. The Morgan fingerprint density at radius 2 is 1.87 bits per heavy atom. The molecule has 8 heteroatoms. The first-order valence-electron chi connectivity index (χ1n) is 10.0. The first kappa shape index (κ1) is 22.1. The van der Waals surface area contributed by atoms with Crippen molar-refractivity contribution in [3.8, 4) is 11.5 Å². The van der Waals surface area contributed by atoms with Gasteiger partial charge in [-0.3, -0.25) is 14.4 Å². The SMILES string of the molecule is COc1ccc(CCN2CC(C(=O)Nc3ccc(C(N)=O)c(C)c3)CC2=O)cc1OC. The van der Waals surface area contributed by atoms with E-state index in [1.54, 1.807) is 44.2 Å². The van der Waals surface area contributed by atoms with Gasteiger partial charge in [-0.15, -0.1) is 0 Å². The second kappa shape index (κ2) is 9.51. The van der Waals surface area contributed by atoms with Crippen molar-refractivity contribution in [3.63, 3.8) is 0 Å². The average Bonchev–Trinajstić information content (AvgIpc) is 3.12. The first-order chi connectivity index (χ1) is 14.8. The minimum atomic E-state index is -0.512. The number of hydrogen-bond acceptors (Lipinski definition) is 5. The summed E-state index contributed by atoms with van der Waals surface area (Å²) < 4.78 is 10.6. The van der Waals surface area contributed by atoms with Crippen molar-refractivity contribution in [2.24, 2.45) is 11.7 Å². The van der Waals surface area contributed by atoms with E-state index in [1.807, 2.05) is 18.2 Å². The molecular weight excluding hydrogens is 398 g/mol. The molecule has 164 valence electrons. The average molecular weight is 425 g/mol. The number of primary amides is 1. The lowest BCUT2D eigenvalue weighted by molar-refractivity contribution is -0.128. The molecule has 2 aromatic rings. The molecule has 0 aromatic heterocycles. The molecule has 1 aliphatic heterocycles. The van der Waals surface area contributed by atoms with Crippen LogP contribution in [0.4, 0.5) is 5.69 Å². The van der Waals surface area contributed by atoms with Gasteiger partial charge >= 0.3 is 0 Å². The number of carbonyl (C=O) groups is 3. The van der Waals surface area contributed by atoms with Gasteiger partial charge in [0, 0.05) is 30.8 Å². The molecule has 3 amide bonds. The molecule has 1 aliphatic rings. The number of rotatable bonds is 8. The number of nitrogens with one attached hydrogen (secondary N) is 1. The lowest BCUT2D eigenvalue weighted by Crippen LogP contribution is -2.30. The quantitative estimate of drug-likeness (QED) is 0.673. The molecule has 1 fully saturated rings. The third kappa shape index (κ3) is 5.14. The number of likely N-dealkylation sites (tertiary alicyclic amines) is 1. The molecule has 0 saturated carbocycles. The maximum absolute atomic E-state index is 12.7. The second-order valence-electron chi connectivity index (χ2n) is 7.56. The van der Waals surface area contributed by atoms with Crippen LogP contribution in [-0.4, -0.2) is 49.9 Å². The fraction of sp³-hybridized carbons (Fsp3) is 0.348. The van der Waals surface area contributed by atoms with Crippen molar-refractivity contribution in [2.45, 2.75) is 19.8 Å². The van der Waals surface area contributed by atoms with Gasteiger partial charge in [-0.1, -0.05) is 6.07 Å². The van der Waals surface area contributed by atoms with Gasteiger partial charge in [0.2, 0.25) is 17.7 Å². The summed E-state index contributed by atoms with van der Waals surface area (Å²) in [7, 11) is 3.16. The Labute approximate surface area is 181 Å². The molecule has 3 N–H and O–H groups in total. The number of hydrogen-bond donors (Lipinski definition) is 2. The standard InChI is InChI=1S/C23H27N3O5/c1-14-10-17(5-6-18(14)22(24)28)25-23(29)16-12-21(27)26(13-16)9-8-15-4-7-19(30-2)20(11-15)31-3/h4-7,10-11,16H,8-9,12-13H2,1-3H3,(H2,24,28)(H,25,29). The molecule has 3 rings (SSSR count). The Balaban J connectivity index is 1.58. The zero-order chi connectivity index (χ0) is 22.5. The fourth-order valence-electron chi connectivity index (χ4n) is 3.73. The number of ether oxygens (including phenoxy) is 2. The zero-order valence-corrected chi connectivity index (χ0v) is 17.9. The van der Waals surface area contributed by atoms with Gasteiger partial charge in [0.1, 0.15) is 0 Å². The van der Waals surface area contributed by atoms with Crippen LogP contribution in [0.1, 0.15) is 27.9 Å². The Hall–Kier alpha value is -3.55. The van der Waals surface area contributed by atoms with Crippen molar-refractivity contribution in [3.05, 3.63) is 53.1 Å². The van der Waals surface area contributed by atoms with E-state index in [0.29, 0.717) is 47.8 Å². The van der Waals surface area contributed by atoms with E-state index in [4.69, 9.17) is 15.2 Å². The maximum Gasteiger partial charge on any atom is 0.248 e. The Kier molecular flexibility index (Phi) is 6.79. The fourth-order valence-corrected chi connectivity index (χ4v) is 3.73. The molecule has 0 spiro atoms. The highest BCUT2D eigenvalue weighted by Gasteiger charge is 2.34. The van der Waals surface area contributed by atoms with E-state index in [-0.39, 0.29) is 18.2 Å². The van der Waals surface area contributed by atoms with Crippen LogP contribution in [0.3, 0.4) is 0 Å². The van der Waals surface area contributed by atoms with Gasteiger partial charge in [0.05, 0.1) is 20.1 Å². The van der Waals surface area contributed by atoms with Gasteiger partial charge in [0.15, 0.2) is 11.5 Å². The largest absolute Gasteiger partial charge is 0.493 e. The van der Waals surface area contributed by atoms with Gasteiger partial charge < -0.3 is 25.4 Å². The van der Waals surface area contributed by atoms with Crippen molar-refractivity contribution < 1.29 is 23.9 Å². The number of amides is 3. The number of benzene rings is 2. The van der Waals surface area contributed by atoms with Gasteiger partial charge in [0.25, 0.3) is 0 Å². The van der Waals surface area contributed by atoms with Gasteiger partial charge in [-0.05, 0) is 54.8 Å². The van der Waals surface area contributed by atoms with E-state index < -0.39 is 11.8 Å². The summed E-state index contributed by atoms with van der Waals surface area (Å²) in [5, 5.41) is 2.83. The highest BCUT2D eigenvalue weighted by molar-refractivity contribution is 5.98. The summed E-state index contributed by atoms with van der Waals surface area (Å²) in [4.78, 5) is 38.1. The normalized spacial score (nSPS) is 15.6. The second-order valence-corrected chi connectivity index (χ2v) is 7.56. The van der Waals surface area contributed by atoms with Crippen LogP contribution in [0.15, 0.2) is 36.4 Å². The number of nitrogens with zero attached hydrogens (tertiary/aromatic N) is 1. The van der Waals surface area contributed by atoms with Crippen LogP contribution in [0.2, 0.25) is 0 Å². The number of nitrogens with two attached hydrogens (primary N) is 1. The number of carbonyl (C=O) groups excluding carboxylic acids is 3. The van der Waals surface area contributed by atoms with Crippen LogP contribution >= 0.6 is 0 Å². The number of aryl methyl sites for hydroxylation is 1. The van der Waals surface area contributed by atoms with Crippen LogP contribution in [0, 0.1) is 12.8 Å². The molecule has 2 aromatic carbocycles. The third-order valence-corrected chi connectivity index (χ3v) is 5.46. The predicted octanol–water partition coefficient (Wildman–Crippen LogP) is 2.14. The molecule has 0 aliphatic carbocycles. The lowest BCUT2D eigenvalue weighted by atomic mass is 10.1. The maximum atomic E-state index is 12.7. The Morgan fingerprint density at radius 3 is 2.52 bits per heavy atom. The highest BCUT2D eigenvalue weighted by Crippen LogP contribution is 2.28. The first-order valence-corrected chi connectivity index (χ1v) is 10.0. The summed E-state index contributed by atoms with van der Waals surface area (Å²) >= 11 is 0. The summed E-state index contributed by atoms with van der Waals surface area (Å²) in [6.45, 7) is 2.64. The molecule has 8 nitrogen and oxygen atoms in total. The van der Waals surface area contributed by atoms with Crippen LogP contribution in [0.25, 0.3) is 0 Å². The minimum Gasteiger partial charge on any atom is -0.493 e. The molecule has 1 saturated heterocycles. The van der Waals surface area contributed by atoms with Crippen LogP contribution in [-0.2, 0) is 16.0 Å². The van der Waals surface area contributed by atoms with E-state index in [9.17, 15) is 14.4 Å². The molecular formula is C23H27N3O5. The van der Waals surface area contributed by atoms with Gasteiger partial charge in [-0.25, -0.2) is 0 Å². The molecule has 1 unspecified atom stereocenters.